The summed E-state index contributed by atoms with van der Waals surface area (Å²) in [5.41, 5.74) is 0.647. The number of carbonyl (C=O) groups excluding carboxylic acids is 1. The number of alkyl halides is 3. The summed E-state index contributed by atoms with van der Waals surface area (Å²) in [7, 11) is 0. The maximum Gasteiger partial charge on any atom is 0.433 e. The van der Waals surface area contributed by atoms with Gasteiger partial charge in [0.1, 0.15) is 17.3 Å². The van der Waals surface area contributed by atoms with Gasteiger partial charge < -0.3 is 10.2 Å². The Bertz CT molecular complexity index is 1400. The van der Waals surface area contributed by atoms with Gasteiger partial charge in [-0.3, -0.25) is 4.79 Å². The molecular formula is C24H18F5N5O. The molecule has 11 heteroatoms. The predicted octanol–water partition coefficient (Wildman–Crippen LogP) is 5.62. The van der Waals surface area contributed by atoms with Crippen LogP contribution >= 0.6 is 0 Å². The maximum absolute atomic E-state index is 14.5. The van der Waals surface area contributed by atoms with E-state index < -0.39 is 29.4 Å². The summed E-state index contributed by atoms with van der Waals surface area (Å²) in [6.45, 7) is 0.615. The molecule has 1 atom stereocenters. The third-order valence-electron chi connectivity index (χ3n) is 5.96. The Morgan fingerprint density at radius 3 is 2.63 bits per heavy atom. The van der Waals surface area contributed by atoms with Gasteiger partial charge in [0.2, 0.25) is 0 Å². The van der Waals surface area contributed by atoms with E-state index in [2.05, 4.69) is 15.4 Å². The Balaban J connectivity index is 1.42. The van der Waals surface area contributed by atoms with E-state index in [-0.39, 0.29) is 22.9 Å². The van der Waals surface area contributed by atoms with Gasteiger partial charge in [0, 0.05) is 24.0 Å². The number of hydrogen-bond donors (Lipinski definition) is 1. The summed E-state index contributed by atoms with van der Waals surface area (Å²) >= 11 is 0. The number of carbonyl (C=O) groups is 1. The molecule has 1 saturated heterocycles. The number of fused-ring (bicyclic) bond motifs is 1. The molecule has 4 heterocycles. The second-order valence-electron chi connectivity index (χ2n) is 8.17. The SMILES string of the molecule is O=C(Nc1ccc(C(F)(F)F)nc1)c1cnn2ccc(N3CCC[C@@H]3c3cc(F)ccc3F)cc12. The normalized spacial score (nSPS) is 16.1. The van der Waals surface area contributed by atoms with Crippen LogP contribution in [0.4, 0.5) is 33.3 Å². The molecule has 35 heavy (non-hydrogen) atoms. The quantitative estimate of drug-likeness (QED) is 0.380. The zero-order valence-corrected chi connectivity index (χ0v) is 18.1. The van der Waals surface area contributed by atoms with Gasteiger partial charge in [0.25, 0.3) is 5.91 Å². The molecule has 4 aromatic rings. The van der Waals surface area contributed by atoms with Crippen molar-refractivity contribution in [2.45, 2.75) is 25.1 Å². The molecule has 5 rings (SSSR count). The van der Waals surface area contributed by atoms with Gasteiger partial charge >= 0.3 is 6.18 Å². The van der Waals surface area contributed by atoms with E-state index in [9.17, 15) is 26.7 Å². The zero-order chi connectivity index (χ0) is 24.7. The largest absolute Gasteiger partial charge is 0.433 e. The topological polar surface area (TPSA) is 62.5 Å². The highest BCUT2D eigenvalue weighted by molar-refractivity contribution is 6.09. The summed E-state index contributed by atoms with van der Waals surface area (Å²) in [4.78, 5) is 18.1. The molecular weight excluding hydrogens is 469 g/mol. The molecule has 180 valence electrons. The highest BCUT2D eigenvalue weighted by Gasteiger charge is 2.32. The van der Waals surface area contributed by atoms with Crippen LogP contribution in [0.25, 0.3) is 5.52 Å². The van der Waals surface area contributed by atoms with Crippen LogP contribution in [0.5, 0.6) is 0 Å². The summed E-state index contributed by atoms with van der Waals surface area (Å²) in [5.74, 6) is -1.58. The number of rotatable bonds is 4. The highest BCUT2D eigenvalue weighted by atomic mass is 19.4. The van der Waals surface area contributed by atoms with Crippen LogP contribution < -0.4 is 10.2 Å². The van der Waals surface area contributed by atoms with E-state index in [1.165, 1.54) is 16.8 Å². The lowest BCUT2D eigenvalue weighted by molar-refractivity contribution is -0.141. The molecule has 6 nitrogen and oxygen atoms in total. The molecule has 0 saturated carbocycles. The minimum Gasteiger partial charge on any atom is -0.364 e. The van der Waals surface area contributed by atoms with E-state index in [1.807, 2.05) is 4.90 Å². The number of aromatic nitrogens is 3. The fourth-order valence-electron chi connectivity index (χ4n) is 4.33. The Labute approximate surface area is 196 Å². The van der Waals surface area contributed by atoms with E-state index in [1.54, 1.807) is 18.3 Å². The molecule has 0 spiro atoms. The van der Waals surface area contributed by atoms with Gasteiger partial charge in [0.15, 0.2) is 0 Å². The first-order chi connectivity index (χ1) is 16.7. The number of amides is 1. The van der Waals surface area contributed by atoms with E-state index in [4.69, 9.17) is 0 Å². The third kappa shape index (κ3) is 4.41. The van der Waals surface area contributed by atoms with Gasteiger partial charge in [-0.15, -0.1) is 0 Å². The van der Waals surface area contributed by atoms with Gasteiger partial charge in [-0.2, -0.15) is 18.3 Å². The zero-order valence-electron chi connectivity index (χ0n) is 18.1. The molecule has 0 bridgehead atoms. The second kappa shape index (κ2) is 8.64. The van der Waals surface area contributed by atoms with E-state index in [0.29, 0.717) is 24.2 Å². The number of pyridine rings is 2. The lowest BCUT2D eigenvalue weighted by atomic mass is 10.0. The average molecular weight is 487 g/mol. The van der Waals surface area contributed by atoms with Crippen molar-refractivity contribution in [3.8, 4) is 0 Å². The summed E-state index contributed by atoms with van der Waals surface area (Å²) in [6.07, 6.45) is 0.764. The number of hydrogen-bond acceptors (Lipinski definition) is 4. The Morgan fingerprint density at radius 1 is 1.06 bits per heavy atom. The Morgan fingerprint density at radius 2 is 1.89 bits per heavy atom. The first-order valence-corrected chi connectivity index (χ1v) is 10.7. The van der Waals surface area contributed by atoms with Crippen molar-refractivity contribution in [3.05, 3.63) is 89.5 Å². The first kappa shape index (κ1) is 22.8. The van der Waals surface area contributed by atoms with Gasteiger partial charge in [0.05, 0.1) is 35.2 Å². The molecule has 0 radical (unpaired) electrons. The summed E-state index contributed by atoms with van der Waals surface area (Å²) < 4.78 is 67.9. The van der Waals surface area contributed by atoms with Crippen LogP contribution in [-0.4, -0.2) is 27.0 Å². The van der Waals surface area contributed by atoms with E-state index >= 15 is 0 Å². The second-order valence-corrected chi connectivity index (χ2v) is 8.17. The van der Waals surface area contributed by atoms with Crippen LogP contribution in [-0.2, 0) is 6.18 Å². The summed E-state index contributed by atoms with van der Waals surface area (Å²) in [5, 5.41) is 6.69. The summed E-state index contributed by atoms with van der Waals surface area (Å²) in [6, 6.07) is 8.42. The maximum atomic E-state index is 14.5. The van der Waals surface area contributed by atoms with Gasteiger partial charge in [-0.1, -0.05) is 0 Å². The average Bonchev–Trinajstić information content (AvgIpc) is 3.47. The standard InChI is InChI=1S/C24H18F5N5O/c25-14-3-5-19(26)17(10-14)20-2-1-8-33(20)16-7-9-34-21(11-16)18(13-31-34)23(35)32-15-4-6-22(30-12-15)24(27,28)29/h3-7,9-13,20H,1-2,8H2,(H,32,35)/t20-/m1/s1. The third-order valence-corrected chi connectivity index (χ3v) is 5.96. The van der Waals surface area contributed by atoms with E-state index in [0.717, 1.165) is 36.9 Å². The van der Waals surface area contributed by atoms with Crippen molar-refractivity contribution in [1.29, 1.82) is 0 Å². The highest BCUT2D eigenvalue weighted by Crippen LogP contribution is 2.38. The monoisotopic (exact) mass is 487 g/mol. The molecule has 3 aromatic heterocycles. The van der Waals surface area contributed by atoms with Crippen molar-refractivity contribution < 1.29 is 26.7 Å². The fraction of sp³-hybridized carbons (Fsp3) is 0.208. The molecule has 1 aromatic carbocycles. The predicted molar refractivity (Wildman–Crippen MR) is 118 cm³/mol. The first-order valence-electron chi connectivity index (χ1n) is 10.7. The Hall–Kier alpha value is -4.02. The molecule has 0 unspecified atom stereocenters. The lowest BCUT2D eigenvalue weighted by Crippen LogP contribution is -2.23. The van der Waals surface area contributed by atoms with Gasteiger partial charge in [-0.05, 0) is 55.3 Å². The van der Waals surface area contributed by atoms with Crippen molar-refractivity contribution in [1.82, 2.24) is 14.6 Å². The Kier molecular flexibility index (Phi) is 5.62. The van der Waals surface area contributed by atoms with Crippen LogP contribution in [0.15, 0.2) is 61.1 Å². The molecule has 1 aliphatic heterocycles. The van der Waals surface area contributed by atoms with Crippen LogP contribution in [0.3, 0.4) is 0 Å². The number of nitrogens with one attached hydrogen (secondary N) is 1. The molecule has 1 fully saturated rings. The molecule has 1 amide bonds. The molecule has 0 aliphatic carbocycles. The van der Waals surface area contributed by atoms with Crippen molar-refractivity contribution in [3.63, 3.8) is 0 Å². The van der Waals surface area contributed by atoms with Crippen LogP contribution in [0.1, 0.15) is 40.5 Å². The smallest absolute Gasteiger partial charge is 0.364 e. The fourth-order valence-corrected chi connectivity index (χ4v) is 4.33. The van der Waals surface area contributed by atoms with Crippen LogP contribution in [0, 0.1) is 11.6 Å². The lowest BCUT2D eigenvalue weighted by Gasteiger charge is -2.27. The molecule has 1 aliphatic rings. The van der Waals surface area contributed by atoms with Crippen molar-refractivity contribution in [2.24, 2.45) is 0 Å². The minimum atomic E-state index is -4.58. The minimum absolute atomic E-state index is 0.0969. The van der Waals surface area contributed by atoms with Crippen molar-refractivity contribution in [2.75, 3.05) is 16.8 Å². The number of benzene rings is 1. The van der Waals surface area contributed by atoms with Gasteiger partial charge in [-0.25, -0.2) is 18.3 Å². The molecule has 1 N–H and O–H groups in total. The van der Waals surface area contributed by atoms with Crippen LogP contribution in [0.2, 0.25) is 0 Å². The number of halogens is 5. The number of anilines is 2. The number of nitrogens with zero attached hydrogens (tertiary/aromatic N) is 4. The van der Waals surface area contributed by atoms with Crippen molar-refractivity contribution >= 4 is 22.8 Å².